The van der Waals surface area contributed by atoms with Crippen LogP contribution in [0.15, 0.2) is 48.5 Å². The average molecular weight is 296 g/mol. The summed E-state index contributed by atoms with van der Waals surface area (Å²) < 4.78 is 0. The molecule has 2 aromatic carbocycles. The molecule has 0 radical (unpaired) electrons. The molecule has 0 saturated carbocycles. The van der Waals surface area contributed by atoms with Gasteiger partial charge in [-0.15, -0.1) is 0 Å². The van der Waals surface area contributed by atoms with Crippen molar-refractivity contribution >= 4 is 29.8 Å². The Morgan fingerprint density at radius 3 is 2.52 bits per heavy atom. The highest BCUT2D eigenvalue weighted by Gasteiger charge is 2.26. The van der Waals surface area contributed by atoms with Gasteiger partial charge in [0.2, 0.25) is 0 Å². The number of hydrogen-bond acceptors (Lipinski definition) is 2. The summed E-state index contributed by atoms with van der Waals surface area (Å²) in [7, 11) is 0. The van der Waals surface area contributed by atoms with Crippen LogP contribution in [0.3, 0.4) is 0 Å². The van der Waals surface area contributed by atoms with E-state index < -0.39 is 0 Å². The fourth-order valence-corrected chi connectivity index (χ4v) is 3.53. The topological polar surface area (TPSA) is 27.1 Å². The Morgan fingerprint density at radius 1 is 1.14 bits per heavy atom. The predicted octanol–water partition coefficient (Wildman–Crippen LogP) is 4.78. The Labute approximate surface area is 131 Å². The smallest absolute Gasteiger partial charge is 0.102 e. The lowest BCUT2D eigenvalue weighted by atomic mass is 9.90. The lowest BCUT2D eigenvalue weighted by Crippen LogP contribution is -2.23. The van der Waals surface area contributed by atoms with E-state index in [1.165, 1.54) is 11.1 Å². The third kappa shape index (κ3) is 2.58. The summed E-state index contributed by atoms with van der Waals surface area (Å²) in [5, 5.41) is 8.23. The zero-order valence-corrected chi connectivity index (χ0v) is 13.1. The molecule has 0 spiro atoms. The Balaban J connectivity index is 2.23. The van der Waals surface area contributed by atoms with E-state index in [0.717, 1.165) is 30.0 Å². The largest absolute Gasteiger partial charge is 0.299 e. The Kier molecular flexibility index (Phi) is 4.02. The van der Waals surface area contributed by atoms with Crippen LogP contribution in [0.25, 0.3) is 0 Å². The minimum Gasteiger partial charge on any atom is -0.299 e. The van der Waals surface area contributed by atoms with Crippen molar-refractivity contribution in [1.82, 2.24) is 0 Å². The number of nitrogens with zero attached hydrogens (tertiary/aromatic N) is 1. The third-order valence-corrected chi connectivity index (χ3v) is 4.39. The number of amidine groups is 1. The molecule has 1 N–H and O–H groups in total. The zero-order chi connectivity index (χ0) is 14.8. The fourth-order valence-electron chi connectivity index (χ4n) is 3.22. The van der Waals surface area contributed by atoms with Gasteiger partial charge >= 0.3 is 0 Å². The van der Waals surface area contributed by atoms with Crippen molar-refractivity contribution in [2.45, 2.75) is 25.7 Å². The zero-order valence-electron chi connectivity index (χ0n) is 12.2. The van der Waals surface area contributed by atoms with E-state index in [1.54, 1.807) is 0 Å². The van der Waals surface area contributed by atoms with E-state index >= 15 is 0 Å². The lowest BCUT2D eigenvalue weighted by Gasteiger charge is -2.26. The van der Waals surface area contributed by atoms with Crippen molar-refractivity contribution in [1.29, 1.82) is 5.41 Å². The molecule has 2 aromatic rings. The second-order valence-electron chi connectivity index (χ2n) is 5.52. The van der Waals surface area contributed by atoms with Crippen LogP contribution in [-0.2, 0) is 6.42 Å². The van der Waals surface area contributed by atoms with Gasteiger partial charge in [0.25, 0.3) is 0 Å². The third-order valence-electron chi connectivity index (χ3n) is 4.13. The Bertz CT molecular complexity index is 666. The molecule has 2 nitrogen and oxygen atoms in total. The van der Waals surface area contributed by atoms with Gasteiger partial charge in [0.05, 0.1) is 11.4 Å². The summed E-state index contributed by atoms with van der Waals surface area (Å²) in [6.07, 6.45) is 2.07. The molecular formula is C18H20N2S. The first-order chi connectivity index (χ1) is 10.2. The van der Waals surface area contributed by atoms with Crippen molar-refractivity contribution in [3.05, 3.63) is 59.7 Å². The first-order valence-corrected chi connectivity index (χ1v) is 7.98. The van der Waals surface area contributed by atoms with Gasteiger partial charge in [0, 0.05) is 0 Å². The van der Waals surface area contributed by atoms with Crippen LogP contribution >= 0.6 is 12.6 Å². The second kappa shape index (κ2) is 5.94. The molecule has 3 rings (SSSR count). The normalized spacial score (nSPS) is 16.9. The number of rotatable bonds is 2. The monoisotopic (exact) mass is 296 g/mol. The van der Waals surface area contributed by atoms with E-state index in [-0.39, 0.29) is 0 Å². The van der Waals surface area contributed by atoms with Gasteiger partial charge < -0.3 is 0 Å². The SMILES string of the molecule is CC(=N)N1c2ccccc2CC(CCS)c2ccccc21. The predicted molar refractivity (Wildman–Crippen MR) is 93.3 cm³/mol. The molecule has 0 amide bonds. The molecule has 1 heterocycles. The van der Waals surface area contributed by atoms with E-state index in [0.29, 0.717) is 11.8 Å². The van der Waals surface area contributed by atoms with Crippen molar-refractivity contribution in [2.24, 2.45) is 0 Å². The van der Waals surface area contributed by atoms with Crippen LogP contribution < -0.4 is 4.90 Å². The van der Waals surface area contributed by atoms with Crippen LogP contribution in [-0.4, -0.2) is 11.6 Å². The molecule has 21 heavy (non-hydrogen) atoms. The Hall–Kier alpha value is -1.74. The van der Waals surface area contributed by atoms with Crippen LogP contribution in [0.5, 0.6) is 0 Å². The highest BCUT2D eigenvalue weighted by Crippen LogP contribution is 2.42. The molecule has 0 aliphatic carbocycles. The standard InChI is InChI=1S/C18H20N2S/c1-13(19)20-17-8-4-2-6-15(17)12-14(10-11-21)16-7-3-5-9-18(16)20/h2-9,14,19,21H,10-12H2,1H3. The van der Waals surface area contributed by atoms with Gasteiger partial charge in [0.15, 0.2) is 0 Å². The highest BCUT2D eigenvalue weighted by atomic mass is 32.1. The first kappa shape index (κ1) is 14.2. The number of benzene rings is 2. The number of hydrogen-bond donors (Lipinski definition) is 2. The van der Waals surface area contributed by atoms with Gasteiger partial charge in [0.1, 0.15) is 5.84 Å². The average Bonchev–Trinajstić information content (AvgIpc) is 2.62. The maximum atomic E-state index is 8.23. The molecule has 1 atom stereocenters. The molecule has 3 heteroatoms. The van der Waals surface area contributed by atoms with Crippen LogP contribution in [0.2, 0.25) is 0 Å². The summed E-state index contributed by atoms with van der Waals surface area (Å²) in [6.45, 7) is 1.85. The summed E-state index contributed by atoms with van der Waals surface area (Å²) in [5.74, 6) is 1.90. The maximum Gasteiger partial charge on any atom is 0.102 e. The summed E-state index contributed by atoms with van der Waals surface area (Å²) in [5.41, 5.74) is 4.92. The quantitative estimate of drug-likeness (QED) is 0.466. The molecule has 0 aromatic heterocycles. The van der Waals surface area contributed by atoms with E-state index in [1.807, 2.05) is 6.92 Å². The van der Waals surface area contributed by atoms with Gasteiger partial charge in [-0.05, 0) is 54.7 Å². The van der Waals surface area contributed by atoms with Crippen molar-refractivity contribution in [3.8, 4) is 0 Å². The fraction of sp³-hybridized carbons (Fsp3) is 0.278. The number of anilines is 2. The van der Waals surface area contributed by atoms with Gasteiger partial charge in [-0.1, -0.05) is 36.4 Å². The molecule has 0 bridgehead atoms. The van der Waals surface area contributed by atoms with E-state index in [4.69, 9.17) is 5.41 Å². The number of fused-ring (bicyclic) bond motifs is 2. The van der Waals surface area contributed by atoms with Crippen molar-refractivity contribution < 1.29 is 0 Å². The summed E-state index contributed by atoms with van der Waals surface area (Å²) >= 11 is 4.44. The molecule has 1 aliphatic rings. The molecule has 1 aliphatic heterocycles. The van der Waals surface area contributed by atoms with Crippen LogP contribution in [0.1, 0.15) is 30.4 Å². The molecule has 0 saturated heterocycles. The highest BCUT2D eigenvalue weighted by molar-refractivity contribution is 7.80. The van der Waals surface area contributed by atoms with Crippen LogP contribution in [0.4, 0.5) is 11.4 Å². The van der Waals surface area contributed by atoms with Gasteiger partial charge in [-0.3, -0.25) is 10.3 Å². The minimum absolute atomic E-state index is 0.462. The van der Waals surface area contributed by atoms with Gasteiger partial charge in [-0.2, -0.15) is 12.6 Å². The number of nitrogens with one attached hydrogen (secondary N) is 1. The minimum atomic E-state index is 0.462. The van der Waals surface area contributed by atoms with E-state index in [2.05, 4.69) is 66.1 Å². The maximum absolute atomic E-state index is 8.23. The molecule has 108 valence electrons. The summed E-state index contributed by atoms with van der Waals surface area (Å²) in [6, 6.07) is 16.9. The lowest BCUT2D eigenvalue weighted by molar-refractivity contribution is 0.673. The van der Waals surface area contributed by atoms with Crippen molar-refractivity contribution in [2.75, 3.05) is 10.7 Å². The second-order valence-corrected chi connectivity index (χ2v) is 5.97. The van der Waals surface area contributed by atoms with Gasteiger partial charge in [-0.25, -0.2) is 0 Å². The summed E-state index contributed by atoms with van der Waals surface area (Å²) in [4.78, 5) is 2.07. The van der Waals surface area contributed by atoms with Crippen LogP contribution in [0, 0.1) is 5.41 Å². The van der Waals surface area contributed by atoms with Crippen molar-refractivity contribution in [3.63, 3.8) is 0 Å². The number of thiol groups is 1. The Morgan fingerprint density at radius 2 is 1.81 bits per heavy atom. The number of para-hydroxylation sites is 2. The molecule has 1 unspecified atom stereocenters. The van der Waals surface area contributed by atoms with E-state index in [9.17, 15) is 0 Å². The molecular weight excluding hydrogens is 276 g/mol. The first-order valence-electron chi connectivity index (χ1n) is 7.35. The molecule has 0 fully saturated rings.